The Balaban J connectivity index is 2.06. The number of hydrogen-bond acceptors (Lipinski definition) is 3. The molecule has 0 radical (unpaired) electrons. The number of rotatable bonds is 7. The molecule has 0 bridgehead atoms. The highest BCUT2D eigenvalue weighted by atomic mass is 15.0. The summed E-state index contributed by atoms with van der Waals surface area (Å²) < 4.78 is 0. The van der Waals surface area contributed by atoms with Gasteiger partial charge in [0.05, 0.1) is 12.2 Å². The molecule has 3 nitrogen and oxygen atoms in total. The second kappa shape index (κ2) is 7.52. The molecule has 0 aliphatic heterocycles. The van der Waals surface area contributed by atoms with E-state index in [-0.39, 0.29) is 0 Å². The van der Waals surface area contributed by atoms with Crippen molar-refractivity contribution in [2.75, 3.05) is 5.32 Å². The smallest absolute Gasteiger partial charge is 0.144 e. The first-order valence-corrected chi connectivity index (χ1v) is 6.97. The van der Waals surface area contributed by atoms with E-state index in [2.05, 4.69) is 52.5 Å². The van der Waals surface area contributed by atoms with Crippen molar-refractivity contribution < 1.29 is 0 Å². The van der Waals surface area contributed by atoms with Gasteiger partial charge in [0, 0.05) is 12.4 Å². The summed E-state index contributed by atoms with van der Waals surface area (Å²) in [5.74, 6) is 0.841. The normalized spacial score (nSPS) is 12.1. The minimum absolute atomic E-state index is 0.310. The minimum Gasteiger partial charge on any atom is -0.362 e. The van der Waals surface area contributed by atoms with E-state index in [1.807, 2.05) is 0 Å². The van der Waals surface area contributed by atoms with Gasteiger partial charge in [0.1, 0.15) is 5.82 Å². The highest BCUT2D eigenvalue weighted by Crippen LogP contribution is 2.23. The molecule has 1 aromatic carbocycles. The van der Waals surface area contributed by atoms with E-state index in [0.717, 1.165) is 12.2 Å². The lowest BCUT2D eigenvalue weighted by atomic mass is 10.0. The Hall–Kier alpha value is -1.90. The Kier molecular flexibility index (Phi) is 5.35. The molecule has 0 aliphatic rings. The Bertz CT molecular complexity index is 456. The van der Waals surface area contributed by atoms with Crippen LogP contribution in [0.1, 0.15) is 44.2 Å². The van der Waals surface area contributed by atoms with E-state index in [0.29, 0.717) is 6.04 Å². The molecule has 0 saturated carbocycles. The molecule has 0 spiro atoms. The lowest BCUT2D eigenvalue weighted by Crippen LogP contribution is -2.11. The van der Waals surface area contributed by atoms with E-state index < -0.39 is 0 Å². The van der Waals surface area contributed by atoms with Gasteiger partial charge in [-0.25, -0.2) is 4.98 Å². The van der Waals surface area contributed by atoms with E-state index in [9.17, 15) is 0 Å². The largest absolute Gasteiger partial charge is 0.362 e. The molecule has 1 unspecified atom stereocenters. The lowest BCUT2D eigenvalue weighted by molar-refractivity contribution is 0.604. The Morgan fingerprint density at radius 3 is 2.63 bits per heavy atom. The van der Waals surface area contributed by atoms with Crippen LogP contribution in [0.3, 0.4) is 0 Å². The Morgan fingerprint density at radius 1 is 1.11 bits per heavy atom. The van der Waals surface area contributed by atoms with Crippen LogP contribution in [0.15, 0.2) is 48.9 Å². The van der Waals surface area contributed by atoms with Crippen LogP contribution < -0.4 is 5.32 Å². The van der Waals surface area contributed by atoms with Gasteiger partial charge in [0.15, 0.2) is 0 Å². The van der Waals surface area contributed by atoms with Crippen molar-refractivity contribution in [2.24, 2.45) is 0 Å². The zero-order chi connectivity index (χ0) is 13.3. The summed E-state index contributed by atoms with van der Waals surface area (Å²) in [6.07, 6.45) is 10.0. The van der Waals surface area contributed by atoms with Crippen LogP contribution >= 0.6 is 0 Å². The van der Waals surface area contributed by atoms with Crippen molar-refractivity contribution in [3.8, 4) is 0 Å². The summed E-state index contributed by atoms with van der Waals surface area (Å²) in [6.45, 7) is 2.23. The van der Waals surface area contributed by atoms with Gasteiger partial charge in [-0.3, -0.25) is 4.98 Å². The first-order valence-electron chi connectivity index (χ1n) is 6.97. The predicted molar refractivity (Wildman–Crippen MR) is 79.0 cm³/mol. The fourth-order valence-electron chi connectivity index (χ4n) is 2.16. The molecule has 2 aromatic rings. The van der Waals surface area contributed by atoms with Crippen molar-refractivity contribution in [3.05, 3.63) is 54.5 Å². The first-order chi connectivity index (χ1) is 9.40. The van der Waals surface area contributed by atoms with Gasteiger partial charge >= 0.3 is 0 Å². The van der Waals surface area contributed by atoms with Crippen LogP contribution in [0.5, 0.6) is 0 Å². The molecule has 3 heteroatoms. The topological polar surface area (TPSA) is 37.8 Å². The second-order valence-corrected chi connectivity index (χ2v) is 4.69. The average molecular weight is 255 g/mol. The second-order valence-electron chi connectivity index (χ2n) is 4.69. The Labute approximate surface area is 115 Å². The monoisotopic (exact) mass is 255 g/mol. The molecular weight excluding hydrogens is 234 g/mol. The highest BCUT2D eigenvalue weighted by Gasteiger charge is 2.11. The number of nitrogens with zero attached hydrogens (tertiary/aromatic N) is 2. The van der Waals surface area contributed by atoms with Gasteiger partial charge in [0.2, 0.25) is 0 Å². The molecule has 2 rings (SSSR count). The lowest BCUT2D eigenvalue weighted by Gasteiger charge is -2.19. The van der Waals surface area contributed by atoms with Gasteiger partial charge < -0.3 is 5.32 Å². The summed E-state index contributed by atoms with van der Waals surface area (Å²) in [7, 11) is 0. The van der Waals surface area contributed by atoms with Crippen molar-refractivity contribution in [1.82, 2.24) is 9.97 Å². The van der Waals surface area contributed by atoms with Gasteiger partial charge in [-0.15, -0.1) is 0 Å². The maximum atomic E-state index is 4.30. The summed E-state index contributed by atoms with van der Waals surface area (Å²) in [5, 5.41) is 3.48. The average Bonchev–Trinajstić information content (AvgIpc) is 2.48. The zero-order valence-corrected chi connectivity index (χ0v) is 11.4. The van der Waals surface area contributed by atoms with Gasteiger partial charge in [-0.2, -0.15) is 0 Å². The molecule has 1 heterocycles. The molecule has 0 saturated heterocycles. The number of nitrogens with one attached hydrogen (secondary N) is 1. The Morgan fingerprint density at radius 2 is 1.95 bits per heavy atom. The van der Waals surface area contributed by atoms with E-state index in [1.54, 1.807) is 18.6 Å². The SMILES string of the molecule is CCCCCC(Nc1cnccn1)c1ccccc1. The zero-order valence-electron chi connectivity index (χ0n) is 11.4. The van der Waals surface area contributed by atoms with E-state index in [4.69, 9.17) is 0 Å². The number of anilines is 1. The van der Waals surface area contributed by atoms with Gasteiger partial charge in [-0.1, -0.05) is 56.5 Å². The van der Waals surface area contributed by atoms with Crippen LogP contribution in [0.2, 0.25) is 0 Å². The number of aromatic nitrogens is 2. The summed E-state index contributed by atoms with van der Waals surface area (Å²) >= 11 is 0. The number of hydrogen-bond donors (Lipinski definition) is 1. The van der Waals surface area contributed by atoms with E-state index >= 15 is 0 Å². The molecular formula is C16H21N3. The van der Waals surface area contributed by atoms with Crippen LogP contribution in [-0.4, -0.2) is 9.97 Å². The summed E-state index contributed by atoms with van der Waals surface area (Å²) in [5.41, 5.74) is 1.31. The van der Waals surface area contributed by atoms with E-state index in [1.165, 1.54) is 24.8 Å². The van der Waals surface area contributed by atoms with Gasteiger partial charge in [-0.05, 0) is 12.0 Å². The molecule has 0 aliphatic carbocycles. The molecule has 1 N–H and O–H groups in total. The quantitative estimate of drug-likeness (QED) is 0.753. The van der Waals surface area contributed by atoms with Gasteiger partial charge in [0.25, 0.3) is 0 Å². The molecule has 0 fully saturated rings. The third-order valence-corrected chi connectivity index (χ3v) is 3.18. The maximum Gasteiger partial charge on any atom is 0.144 e. The van der Waals surface area contributed by atoms with Crippen LogP contribution in [0.4, 0.5) is 5.82 Å². The third kappa shape index (κ3) is 4.36. The van der Waals surface area contributed by atoms with Crippen LogP contribution in [0.25, 0.3) is 0 Å². The predicted octanol–water partition coefficient (Wildman–Crippen LogP) is 4.21. The summed E-state index contributed by atoms with van der Waals surface area (Å²) in [4.78, 5) is 8.40. The van der Waals surface area contributed by atoms with Crippen LogP contribution in [-0.2, 0) is 0 Å². The maximum absolute atomic E-state index is 4.30. The summed E-state index contributed by atoms with van der Waals surface area (Å²) in [6, 6.07) is 10.9. The third-order valence-electron chi connectivity index (χ3n) is 3.18. The molecule has 1 atom stereocenters. The minimum atomic E-state index is 0.310. The number of unbranched alkanes of at least 4 members (excludes halogenated alkanes) is 2. The number of benzene rings is 1. The standard InChI is InChI=1S/C16H21N3/c1-2-3-5-10-15(14-8-6-4-7-9-14)19-16-13-17-11-12-18-16/h4,6-9,11-13,15H,2-3,5,10H2,1H3,(H,18,19). The van der Waals surface area contributed by atoms with Crippen molar-refractivity contribution in [2.45, 2.75) is 38.6 Å². The van der Waals surface area contributed by atoms with Crippen molar-refractivity contribution in [3.63, 3.8) is 0 Å². The van der Waals surface area contributed by atoms with Crippen molar-refractivity contribution >= 4 is 5.82 Å². The van der Waals surface area contributed by atoms with Crippen molar-refractivity contribution in [1.29, 1.82) is 0 Å². The molecule has 0 amide bonds. The fourth-order valence-corrected chi connectivity index (χ4v) is 2.16. The first kappa shape index (κ1) is 13.5. The molecule has 19 heavy (non-hydrogen) atoms. The fraction of sp³-hybridized carbons (Fsp3) is 0.375. The highest BCUT2D eigenvalue weighted by molar-refractivity contribution is 5.35. The van der Waals surface area contributed by atoms with Crippen LogP contribution in [0, 0.1) is 0 Å². The molecule has 1 aromatic heterocycles. The molecule has 100 valence electrons.